The third-order valence-electron chi connectivity index (χ3n) is 11.2. The van der Waals surface area contributed by atoms with E-state index in [0.29, 0.717) is 36.8 Å². The second-order valence-electron chi connectivity index (χ2n) is 16.4. The summed E-state index contributed by atoms with van der Waals surface area (Å²) in [5.74, 6) is -2.94. The first-order valence-electron chi connectivity index (χ1n) is 18.4. The van der Waals surface area contributed by atoms with E-state index < -0.39 is 62.6 Å². The van der Waals surface area contributed by atoms with Gasteiger partial charge in [-0.05, 0) is 65.7 Å². The highest BCUT2D eigenvalue weighted by Crippen LogP contribution is 2.47. The van der Waals surface area contributed by atoms with Crippen LogP contribution < -0.4 is 10.0 Å². The summed E-state index contributed by atoms with van der Waals surface area (Å²) in [7, 11) is -3.86. The number of carbonyl (C=O) groups is 4. The Morgan fingerprint density at radius 3 is 2.38 bits per heavy atom. The Morgan fingerprint density at radius 1 is 1.06 bits per heavy atom. The lowest BCUT2D eigenvalue weighted by molar-refractivity contribution is -0.143. The number of ether oxygens (including phenoxy) is 1. The van der Waals surface area contributed by atoms with Crippen molar-refractivity contribution in [2.75, 3.05) is 6.54 Å². The maximum absolute atomic E-state index is 14.6. The number of nitrogens with one attached hydrogen (secondary N) is 2. The molecule has 282 valence electrons. The lowest BCUT2D eigenvalue weighted by Gasteiger charge is -2.31. The van der Waals surface area contributed by atoms with Crippen LogP contribution in [-0.4, -0.2) is 71.5 Å². The number of carbonyl (C=O) groups excluding carboxylic acids is 4. The molecule has 2 heterocycles. The maximum Gasteiger partial charge on any atom is 0.410 e. The molecule has 0 spiro atoms. The molecule has 4 aliphatic rings. The summed E-state index contributed by atoms with van der Waals surface area (Å²) < 4.78 is 47.9. The number of fused-ring (bicyclic) bond motifs is 1. The Kier molecular flexibility index (Phi) is 10.2. The number of hydrogen-bond acceptors (Lipinski definition) is 7. The molecule has 0 aromatic heterocycles. The fourth-order valence-corrected chi connectivity index (χ4v) is 9.00. The molecule has 6 rings (SSSR count). The Bertz CT molecular complexity index is 1860. The maximum atomic E-state index is 14.6. The van der Waals surface area contributed by atoms with Crippen LogP contribution in [0.4, 0.5) is 9.18 Å². The van der Waals surface area contributed by atoms with Crippen molar-refractivity contribution < 1.29 is 36.7 Å². The topological polar surface area (TPSA) is 142 Å². The number of hydrogen-bond donors (Lipinski definition) is 2. The predicted octanol–water partition coefficient (Wildman–Crippen LogP) is 4.95. The molecule has 2 aliphatic carbocycles. The van der Waals surface area contributed by atoms with Gasteiger partial charge < -0.3 is 15.0 Å². The van der Waals surface area contributed by atoms with Gasteiger partial charge in [0.05, 0.1) is 18.3 Å². The van der Waals surface area contributed by atoms with Crippen LogP contribution in [0.3, 0.4) is 0 Å². The minimum atomic E-state index is -3.86. The second-order valence-corrected chi connectivity index (χ2v) is 18.4. The van der Waals surface area contributed by atoms with Crippen molar-refractivity contribution in [2.24, 2.45) is 17.8 Å². The number of benzene rings is 2. The average molecular weight is 739 g/mol. The molecule has 13 heteroatoms. The summed E-state index contributed by atoms with van der Waals surface area (Å²) >= 11 is 0. The number of rotatable bonds is 11. The van der Waals surface area contributed by atoms with Crippen molar-refractivity contribution >= 4 is 33.8 Å². The standard InChI is InChI=1S/C39H51FN4O7S/c1-7-26-19-39(26,36(47)42-52(49,50)29-14-15-29)41-34(45)33-18-28(51-37(48)43-20-25-11-9-13-32(40)31(25)22-43)21-44(33)35(46)30(23(2)3)17-24-10-8-12-27(16-24)38(4,5)6/h8-13,16,23,26,28-30,33H,7,14-15,17-22H2,1-6H3,(H,41,45)(H,42,47)/t26-,28-,30+,33+,39-/m1/s1. The molecule has 2 saturated carbocycles. The van der Waals surface area contributed by atoms with Crippen LogP contribution in [-0.2, 0) is 54.1 Å². The largest absolute Gasteiger partial charge is 0.444 e. The highest BCUT2D eigenvalue weighted by molar-refractivity contribution is 7.91. The van der Waals surface area contributed by atoms with E-state index in [0.717, 1.165) is 11.1 Å². The summed E-state index contributed by atoms with van der Waals surface area (Å²) in [6.45, 7) is 12.3. The van der Waals surface area contributed by atoms with Gasteiger partial charge in [-0.25, -0.2) is 17.6 Å². The molecule has 2 aliphatic heterocycles. The van der Waals surface area contributed by atoms with Gasteiger partial charge in [0.1, 0.15) is 23.5 Å². The van der Waals surface area contributed by atoms with Crippen LogP contribution >= 0.6 is 0 Å². The summed E-state index contributed by atoms with van der Waals surface area (Å²) in [6.07, 6.45) is 0.649. The minimum Gasteiger partial charge on any atom is -0.444 e. The Morgan fingerprint density at radius 2 is 1.77 bits per heavy atom. The van der Waals surface area contributed by atoms with Crippen molar-refractivity contribution in [2.45, 2.75) is 122 Å². The fraction of sp³-hybridized carbons (Fsp3) is 0.590. The zero-order chi connectivity index (χ0) is 37.7. The van der Waals surface area contributed by atoms with Crippen LogP contribution in [0.2, 0.25) is 0 Å². The van der Waals surface area contributed by atoms with Crippen molar-refractivity contribution in [3.05, 3.63) is 70.5 Å². The predicted molar refractivity (Wildman–Crippen MR) is 193 cm³/mol. The number of sulfonamides is 1. The first kappa shape index (κ1) is 37.7. The monoisotopic (exact) mass is 738 g/mol. The SMILES string of the molecule is CC[C@@H]1C[C@]1(NC(=O)[C@@H]1C[C@@H](OC(=O)N2Cc3cccc(F)c3C2)CN1C(=O)[C@@H](Cc1cccc(C(C)(C)C)c1)C(C)C)C(=O)NS(=O)(=O)C1CC1. The molecule has 1 saturated heterocycles. The van der Waals surface area contributed by atoms with Crippen LogP contribution in [0, 0.1) is 23.6 Å². The molecule has 2 aromatic rings. The van der Waals surface area contributed by atoms with Gasteiger partial charge in [-0.1, -0.05) is 84.4 Å². The number of halogens is 1. The summed E-state index contributed by atoms with van der Waals surface area (Å²) in [4.78, 5) is 58.6. The van der Waals surface area contributed by atoms with Crippen LogP contribution in [0.15, 0.2) is 42.5 Å². The van der Waals surface area contributed by atoms with Gasteiger partial charge in [0.15, 0.2) is 0 Å². The minimum absolute atomic E-state index is 0.0162. The zero-order valence-corrected chi connectivity index (χ0v) is 31.7. The second kappa shape index (κ2) is 14.1. The zero-order valence-electron chi connectivity index (χ0n) is 30.9. The highest BCUT2D eigenvalue weighted by Gasteiger charge is 2.62. The number of amides is 4. The summed E-state index contributed by atoms with van der Waals surface area (Å²) in [5.41, 5.74) is 1.72. The van der Waals surface area contributed by atoms with Gasteiger partial charge in [0.2, 0.25) is 21.8 Å². The Labute approximate surface area is 306 Å². The first-order valence-corrected chi connectivity index (χ1v) is 20.0. The van der Waals surface area contributed by atoms with Crippen molar-refractivity contribution in [3.8, 4) is 0 Å². The molecule has 0 radical (unpaired) electrons. The lowest BCUT2D eigenvalue weighted by atomic mass is 9.83. The van der Waals surface area contributed by atoms with Crippen LogP contribution in [0.5, 0.6) is 0 Å². The molecular formula is C39H51FN4O7S. The van der Waals surface area contributed by atoms with E-state index in [1.807, 2.05) is 32.9 Å². The third-order valence-corrected chi connectivity index (χ3v) is 13.0. The van der Waals surface area contributed by atoms with E-state index in [2.05, 4.69) is 42.9 Å². The van der Waals surface area contributed by atoms with Gasteiger partial charge in [-0.15, -0.1) is 0 Å². The van der Waals surface area contributed by atoms with E-state index in [-0.39, 0.29) is 55.6 Å². The van der Waals surface area contributed by atoms with Gasteiger partial charge in [-0.3, -0.25) is 24.0 Å². The Hall–Kier alpha value is -4.00. The number of nitrogens with zero attached hydrogens (tertiary/aromatic N) is 2. The number of likely N-dealkylation sites (tertiary alicyclic amines) is 1. The molecular weight excluding hydrogens is 688 g/mol. The first-order chi connectivity index (χ1) is 24.4. The Balaban J connectivity index is 1.24. The highest BCUT2D eigenvalue weighted by atomic mass is 32.2. The van der Waals surface area contributed by atoms with Crippen molar-refractivity contribution in [1.29, 1.82) is 0 Å². The van der Waals surface area contributed by atoms with Crippen molar-refractivity contribution in [1.82, 2.24) is 19.8 Å². The molecule has 5 atom stereocenters. The summed E-state index contributed by atoms with van der Waals surface area (Å²) in [5, 5.41) is 2.25. The van der Waals surface area contributed by atoms with Gasteiger partial charge >= 0.3 is 6.09 Å². The molecule has 0 bridgehead atoms. The van der Waals surface area contributed by atoms with E-state index >= 15 is 0 Å². The molecule has 2 aromatic carbocycles. The van der Waals surface area contributed by atoms with Crippen LogP contribution in [0.1, 0.15) is 95.9 Å². The van der Waals surface area contributed by atoms with E-state index in [9.17, 15) is 32.0 Å². The van der Waals surface area contributed by atoms with Gasteiger partial charge in [-0.2, -0.15) is 0 Å². The molecule has 3 fully saturated rings. The normalized spacial score (nSPS) is 24.7. The molecule has 0 unspecified atom stereocenters. The van der Waals surface area contributed by atoms with Gasteiger partial charge in [0, 0.05) is 24.4 Å². The third kappa shape index (κ3) is 7.70. The molecule has 4 amide bonds. The van der Waals surface area contributed by atoms with E-state index in [1.54, 1.807) is 12.1 Å². The molecule has 2 N–H and O–H groups in total. The van der Waals surface area contributed by atoms with Crippen LogP contribution in [0.25, 0.3) is 0 Å². The lowest BCUT2D eigenvalue weighted by Crippen LogP contribution is -2.57. The smallest absolute Gasteiger partial charge is 0.410 e. The quantitative estimate of drug-likeness (QED) is 0.332. The average Bonchev–Trinajstić information content (AvgIpc) is 3.97. The fourth-order valence-electron chi connectivity index (χ4n) is 7.64. The molecule has 52 heavy (non-hydrogen) atoms. The van der Waals surface area contributed by atoms with Crippen molar-refractivity contribution in [3.63, 3.8) is 0 Å². The summed E-state index contributed by atoms with van der Waals surface area (Å²) in [6, 6.07) is 11.8. The van der Waals surface area contributed by atoms with Gasteiger partial charge in [0.25, 0.3) is 5.91 Å². The van der Waals surface area contributed by atoms with E-state index in [1.165, 1.54) is 15.9 Å². The molecule has 11 nitrogen and oxygen atoms in total. The van der Waals surface area contributed by atoms with E-state index in [4.69, 9.17) is 4.74 Å².